The van der Waals surface area contributed by atoms with E-state index >= 15 is 0 Å². The quantitative estimate of drug-likeness (QED) is 0.112. The molecule has 0 aliphatic heterocycles. The Morgan fingerprint density at radius 3 is 1.23 bits per heavy atom. The van der Waals surface area contributed by atoms with Gasteiger partial charge < -0.3 is 13.7 Å². The molecule has 0 atom stereocenters. The van der Waals surface area contributed by atoms with Crippen LogP contribution in [0.4, 0.5) is 0 Å². The van der Waals surface area contributed by atoms with Gasteiger partial charge in [0, 0.05) is 43.7 Å². The smallest absolute Gasteiger partial charge is 0.179 e. The van der Waals surface area contributed by atoms with Gasteiger partial charge in [-0.1, -0.05) is 188 Å². The molecule has 0 unspecified atom stereocenters. The van der Waals surface area contributed by atoms with Crippen molar-refractivity contribution < 1.29 is 0 Å². The first-order valence-corrected chi connectivity index (χ1v) is 24.1. The second-order valence-electron chi connectivity index (χ2n) is 16.8. The first kappa shape index (κ1) is 36.5. The molecule has 0 spiro atoms. The number of aromatic nitrogens is 3. The molecule has 64 heavy (non-hydrogen) atoms. The predicted octanol–water partition coefficient (Wildman–Crippen LogP) is 12.4. The highest BCUT2D eigenvalue weighted by molar-refractivity contribution is 7.20. The normalized spacial score (nSPS) is 12.1. The van der Waals surface area contributed by atoms with E-state index in [4.69, 9.17) is 0 Å². The maximum Gasteiger partial charge on any atom is 0.179 e. The van der Waals surface area contributed by atoms with Gasteiger partial charge >= 0.3 is 0 Å². The Hall–Kier alpha value is -8.18. The van der Waals surface area contributed by atoms with Crippen LogP contribution in [0.25, 0.3) is 82.5 Å². The molecular formula is C60H41N3Si. The summed E-state index contributed by atoms with van der Waals surface area (Å²) in [7, 11) is -2.87. The van der Waals surface area contributed by atoms with Crippen LogP contribution in [0.3, 0.4) is 0 Å². The van der Waals surface area contributed by atoms with Gasteiger partial charge in [-0.2, -0.15) is 0 Å². The third-order valence-electron chi connectivity index (χ3n) is 13.6. The first-order chi connectivity index (χ1) is 31.8. The molecular weight excluding hydrogens is 791 g/mol. The van der Waals surface area contributed by atoms with Gasteiger partial charge in [0.1, 0.15) is 0 Å². The molecule has 3 nitrogen and oxygen atoms in total. The fourth-order valence-corrected chi connectivity index (χ4v) is 15.7. The zero-order valence-electron chi connectivity index (χ0n) is 35.0. The van der Waals surface area contributed by atoms with Crippen molar-refractivity contribution >= 4 is 94.2 Å². The molecule has 4 heteroatoms. The van der Waals surface area contributed by atoms with Gasteiger partial charge in [0.05, 0.1) is 38.8 Å². The Kier molecular flexibility index (Phi) is 8.23. The SMILES string of the molecule is c1ccc(-n2c3ccccc3c3ccc(-n4c5ccc([Si](c6ccccc6)(c6ccccc6)c6ccccc6)cc5c5c(-n6c7ccccc7c7ccccc76)cccc54)cc32)cc1. The number of benzene rings is 10. The lowest BCUT2D eigenvalue weighted by Gasteiger charge is -2.34. The number of nitrogens with zero attached hydrogens (tertiary/aromatic N) is 3. The molecule has 13 rings (SSSR count). The summed E-state index contributed by atoms with van der Waals surface area (Å²) in [4.78, 5) is 0. The van der Waals surface area contributed by atoms with E-state index in [1.165, 1.54) is 91.9 Å². The van der Waals surface area contributed by atoms with Crippen LogP contribution < -0.4 is 20.7 Å². The average molecular weight is 832 g/mol. The largest absolute Gasteiger partial charge is 0.309 e. The molecule has 0 fully saturated rings. The Morgan fingerprint density at radius 2 is 0.672 bits per heavy atom. The van der Waals surface area contributed by atoms with Crippen molar-refractivity contribution in [1.29, 1.82) is 0 Å². The number of rotatable bonds is 7. The Bertz CT molecular complexity index is 3730. The Labute approximate surface area is 372 Å². The number of para-hydroxylation sites is 4. The fourth-order valence-electron chi connectivity index (χ4n) is 10.9. The maximum atomic E-state index is 2.56. The summed E-state index contributed by atoms with van der Waals surface area (Å²) in [6.07, 6.45) is 0. The van der Waals surface area contributed by atoms with Crippen LogP contribution in [0, 0.1) is 0 Å². The lowest BCUT2D eigenvalue weighted by molar-refractivity contribution is 1.15. The number of hydrogen-bond acceptors (Lipinski definition) is 0. The molecule has 0 bridgehead atoms. The minimum Gasteiger partial charge on any atom is -0.309 e. The van der Waals surface area contributed by atoms with Crippen LogP contribution in [-0.2, 0) is 0 Å². The molecule has 300 valence electrons. The minimum absolute atomic E-state index is 1.12. The summed E-state index contributed by atoms with van der Waals surface area (Å²) >= 11 is 0. The van der Waals surface area contributed by atoms with Crippen LogP contribution in [0.15, 0.2) is 249 Å². The molecule has 0 amide bonds. The molecule has 0 radical (unpaired) electrons. The van der Waals surface area contributed by atoms with Gasteiger partial charge in [0.15, 0.2) is 8.07 Å². The molecule has 3 heterocycles. The minimum atomic E-state index is -2.87. The topological polar surface area (TPSA) is 14.8 Å². The summed E-state index contributed by atoms with van der Waals surface area (Å²) in [6, 6.07) is 92.4. The van der Waals surface area contributed by atoms with Gasteiger partial charge in [-0.15, -0.1) is 0 Å². The van der Waals surface area contributed by atoms with E-state index in [0.717, 1.165) is 11.4 Å². The summed E-state index contributed by atoms with van der Waals surface area (Å²) < 4.78 is 7.43. The van der Waals surface area contributed by atoms with Crippen LogP contribution >= 0.6 is 0 Å². The lowest BCUT2D eigenvalue weighted by atomic mass is 10.1. The molecule has 13 aromatic rings. The van der Waals surface area contributed by atoms with E-state index in [1.807, 2.05) is 0 Å². The first-order valence-electron chi connectivity index (χ1n) is 22.1. The zero-order valence-corrected chi connectivity index (χ0v) is 36.0. The van der Waals surface area contributed by atoms with E-state index < -0.39 is 8.07 Å². The van der Waals surface area contributed by atoms with Gasteiger partial charge in [-0.05, 0) is 81.4 Å². The van der Waals surface area contributed by atoms with E-state index in [1.54, 1.807) is 0 Å². The molecule has 0 aliphatic rings. The van der Waals surface area contributed by atoms with Crippen molar-refractivity contribution in [1.82, 2.24) is 13.7 Å². The molecule has 10 aromatic carbocycles. The maximum absolute atomic E-state index is 2.87. The lowest BCUT2D eigenvalue weighted by Crippen LogP contribution is -2.74. The van der Waals surface area contributed by atoms with Gasteiger partial charge in [0.2, 0.25) is 0 Å². The van der Waals surface area contributed by atoms with Crippen molar-refractivity contribution in [3.05, 3.63) is 249 Å². The standard InChI is InChI=1S/C60H41N3Si/c1-5-20-42(21-6-1)61-53-31-16-13-30-50(53)51-38-36-43(40-59(51)61)62-56-39-37-47(64(44-22-7-2-8-23-44,45-24-9-3-10-25-45)46-26-11-4-12-27-46)41-52(56)60-57(62)34-19-35-58(60)63-54-32-17-14-28-48(54)49-29-15-18-33-55(49)63/h1-41H. The second-order valence-corrected chi connectivity index (χ2v) is 20.7. The third-order valence-corrected chi connectivity index (χ3v) is 18.3. The summed E-state index contributed by atoms with van der Waals surface area (Å²) in [5, 5.41) is 12.9. The Morgan fingerprint density at radius 1 is 0.234 bits per heavy atom. The van der Waals surface area contributed by atoms with E-state index in [0.29, 0.717) is 0 Å². The highest BCUT2D eigenvalue weighted by Crippen LogP contribution is 2.41. The summed E-state index contributed by atoms with van der Waals surface area (Å²) in [6.45, 7) is 0. The van der Waals surface area contributed by atoms with E-state index in [-0.39, 0.29) is 0 Å². The Balaban J connectivity index is 1.18. The number of fused-ring (bicyclic) bond motifs is 9. The van der Waals surface area contributed by atoms with Crippen molar-refractivity contribution in [3.8, 4) is 17.1 Å². The molecule has 0 saturated carbocycles. The summed E-state index contributed by atoms with van der Waals surface area (Å²) in [5.74, 6) is 0. The van der Waals surface area contributed by atoms with Crippen LogP contribution in [0.1, 0.15) is 0 Å². The van der Waals surface area contributed by atoms with Crippen molar-refractivity contribution in [2.45, 2.75) is 0 Å². The highest BCUT2D eigenvalue weighted by Gasteiger charge is 2.41. The van der Waals surface area contributed by atoms with Gasteiger partial charge in [0.25, 0.3) is 0 Å². The third kappa shape index (κ3) is 5.27. The van der Waals surface area contributed by atoms with Crippen LogP contribution in [-0.4, -0.2) is 21.8 Å². The highest BCUT2D eigenvalue weighted by atomic mass is 28.3. The van der Waals surface area contributed by atoms with Crippen molar-refractivity contribution in [2.24, 2.45) is 0 Å². The van der Waals surface area contributed by atoms with E-state index in [9.17, 15) is 0 Å². The molecule has 3 aromatic heterocycles. The number of hydrogen-bond donors (Lipinski definition) is 0. The average Bonchev–Trinajstić information content (AvgIpc) is 4.01. The van der Waals surface area contributed by atoms with Gasteiger partial charge in [-0.3, -0.25) is 0 Å². The molecule has 0 N–H and O–H groups in total. The van der Waals surface area contributed by atoms with Gasteiger partial charge in [-0.25, -0.2) is 0 Å². The van der Waals surface area contributed by atoms with E-state index in [2.05, 4.69) is 262 Å². The fraction of sp³-hybridized carbons (Fsp3) is 0. The summed E-state index contributed by atoms with van der Waals surface area (Å²) in [5.41, 5.74) is 10.6. The predicted molar refractivity (Wildman–Crippen MR) is 273 cm³/mol. The monoisotopic (exact) mass is 831 g/mol. The van der Waals surface area contributed by atoms with Crippen LogP contribution in [0.5, 0.6) is 0 Å². The molecule has 0 saturated heterocycles. The van der Waals surface area contributed by atoms with Crippen molar-refractivity contribution in [2.75, 3.05) is 0 Å². The zero-order chi connectivity index (χ0) is 42.2. The second kappa shape index (κ2) is 14.5. The van der Waals surface area contributed by atoms with Crippen molar-refractivity contribution in [3.63, 3.8) is 0 Å². The van der Waals surface area contributed by atoms with Crippen LogP contribution in [0.2, 0.25) is 0 Å². The molecule has 0 aliphatic carbocycles.